The maximum Gasteiger partial charge on any atom is 0.356 e. The number of unbranched alkanes of at least 4 members (excludes halogenated alkanes) is 2. The first-order valence-electron chi connectivity index (χ1n) is 13.5. The fraction of sp³-hybridized carbons (Fsp3) is 0.143. The summed E-state index contributed by atoms with van der Waals surface area (Å²) in [4.78, 5) is 19.4. The third-order valence-electron chi connectivity index (χ3n) is 7.19. The van der Waals surface area contributed by atoms with E-state index in [0.29, 0.717) is 0 Å². The molecule has 5 aromatic carbocycles. The molecule has 0 amide bonds. The standard InChI is InChI=1S/C35H33O3P.BrH/c1-2-3-7-20-31-32(26-14-8-4-9-15-26)25-33(27-21-23-30(24-22-27)39(36,37)38)35(29-18-12-6-13-19-29)34(31)28-16-10-5-11-17-28;/h4-6,8-19,21-25H,2-3,7,20H2,1H3,(H2,36,37,38);1H. The fourth-order valence-corrected chi connectivity index (χ4v) is 5.84. The van der Waals surface area contributed by atoms with Gasteiger partial charge in [0.15, 0.2) is 0 Å². The van der Waals surface area contributed by atoms with E-state index in [1.54, 1.807) is 12.1 Å². The minimum Gasteiger partial charge on any atom is -0.321 e. The largest absolute Gasteiger partial charge is 0.356 e. The summed E-state index contributed by atoms with van der Waals surface area (Å²) < 4.78 is 11.9. The highest BCUT2D eigenvalue weighted by Crippen LogP contribution is 2.47. The van der Waals surface area contributed by atoms with Crippen LogP contribution in [0.3, 0.4) is 0 Å². The average molecular weight is 614 g/mol. The fourth-order valence-electron chi connectivity index (χ4n) is 5.30. The average Bonchev–Trinajstić information content (AvgIpc) is 2.98. The lowest BCUT2D eigenvalue weighted by Gasteiger charge is -2.24. The van der Waals surface area contributed by atoms with E-state index in [2.05, 4.69) is 85.8 Å². The van der Waals surface area contributed by atoms with Crippen LogP contribution in [0, 0.1) is 0 Å². The van der Waals surface area contributed by atoms with Gasteiger partial charge in [-0.1, -0.05) is 123 Å². The summed E-state index contributed by atoms with van der Waals surface area (Å²) in [5.74, 6) is 0. The number of hydrogen-bond acceptors (Lipinski definition) is 1. The quantitative estimate of drug-likeness (QED) is 0.129. The first-order valence-corrected chi connectivity index (χ1v) is 15.1. The molecule has 40 heavy (non-hydrogen) atoms. The summed E-state index contributed by atoms with van der Waals surface area (Å²) in [6, 6.07) is 40.6. The molecule has 0 bridgehead atoms. The van der Waals surface area contributed by atoms with E-state index in [0.717, 1.165) is 59.1 Å². The van der Waals surface area contributed by atoms with E-state index in [-0.39, 0.29) is 22.3 Å². The third kappa shape index (κ3) is 6.54. The molecule has 5 rings (SSSR count). The Kier molecular flexibility index (Phi) is 9.95. The molecular formula is C35H34BrO3P. The SMILES string of the molecule is Br.CCCCCc1c(-c2ccccc2)cc(-c2ccc(P(=O)(O)O)cc2)c(-c2ccccc2)c1-c1ccccc1. The summed E-state index contributed by atoms with van der Waals surface area (Å²) in [6.45, 7) is 2.23. The Morgan fingerprint density at radius 1 is 0.575 bits per heavy atom. The highest BCUT2D eigenvalue weighted by atomic mass is 79.9. The van der Waals surface area contributed by atoms with Gasteiger partial charge in [0, 0.05) is 0 Å². The molecule has 0 aromatic heterocycles. The van der Waals surface area contributed by atoms with Crippen molar-refractivity contribution in [3.05, 3.63) is 127 Å². The van der Waals surface area contributed by atoms with Gasteiger partial charge in [0.05, 0.1) is 5.30 Å². The van der Waals surface area contributed by atoms with E-state index >= 15 is 0 Å². The Balaban J connectivity index is 0.00000370. The van der Waals surface area contributed by atoms with Crippen LogP contribution in [0.25, 0.3) is 44.5 Å². The van der Waals surface area contributed by atoms with Gasteiger partial charge in [-0.05, 0) is 81.1 Å². The molecule has 0 saturated carbocycles. The van der Waals surface area contributed by atoms with Crippen LogP contribution in [-0.2, 0) is 11.0 Å². The third-order valence-corrected chi connectivity index (χ3v) is 8.16. The molecule has 0 aliphatic rings. The van der Waals surface area contributed by atoms with E-state index < -0.39 is 7.60 Å². The van der Waals surface area contributed by atoms with Crippen molar-refractivity contribution < 1.29 is 14.4 Å². The molecular weight excluding hydrogens is 579 g/mol. The zero-order valence-electron chi connectivity index (χ0n) is 22.5. The predicted molar refractivity (Wildman–Crippen MR) is 173 cm³/mol. The molecule has 0 saturated heterocycles. The Hall–Kier alpha value is -3.27. The Morgan fingerprint density at radius 3 is 1.55 bits per heavy atom. The number of hydrogen-bond donors (Lipinski definition) is 2. The molecule has 0 atom stereocenters. The summed E-state index contributed by atoms with van der Waals surface area (Å²) in [7, 11) is -4.34. The van der Waals surface area contributed by atoms with Crippen molar-refractivity contribution in [3.63, 3.8) is 0 Å². The van der Waals surface area contributed by atoms with Gasteiger partial charge in [0.1, 0.15) is 0 Å². The van der Waals surface area contributed by atoms with Crippen LogP contribution in [0.15, 0.2) is 121 Å². The molecule has 0 radical (unpaired) electrons. The minimum atomic E-state index is -4.34. The molecule has 204 valence electrons. The monoisotopic (exact) mass is 612 g/mol. The van der Waals surface area contributed by atoms with Gasteiger partial charge in [0.2, 0.25) is 0 Å². The van der Waals surface area contributed by atoms with Crippen LogP contribution >= 0.6 is 24.6 Å². The van der Waals surface area contributed by atoms with Crippen molar-refractivity contribution >= 4 is 29.9 Å². The van der Waals surface area contributed by atoms with Crippen molar-refractivity contribution in [2.24, 2.45) is 0 Å². The van der Waals surface area contributed by atoms with Crippen LogP contribution in [0.2, 0.25) is 0 Å². The molecule has 0 fully saturated rings. The van der Waals surface area contributed by atoms with Gasteiger partial charge in [0.25, 0.3) is 0 Å². The smallest absolute Gasteiger partial charge is 0.321 e. The second kappa shape index (κ2) is 13.4. The first-order chi connectivity index (χ1) is 19.0. The van der Waals surface area contributed by atoms with Crippen LogP contribution in [0.5, 0.6) is 0 Å². The number of benzene rings is 5. The molecule has 0 heterocycles. The summed E-state index contributed by atoms with van der Waals surface area (Å²) in [6.07, 6.45) is 4.37. The molecule has 0 aliphatic carbocycles. The molecule has 3 nitrogen and oxygen atoms in total. The highest BCUT2D eigenvalue weighted by Gasteiger charge is 2.23. The second-order valence-corrected chi connectivity index (χ2v) is 11.5. The maximum atomic E-state index is 11.9. The van der Waals surface area contributed by atoms with Crippen LogP contribution in [-0.4, -0.2) is 9.79 Å². The van der Waals surface area contributed by atoms with Gasteiger partial charge in [-0.2, -0.15) is 0 Å². The minimum absolute atomic E-state index is 0. The number of halogens is 1. The zero-order chi connectivity index (χ0) is 27.2. The number of rotatable bonds is 9. The lowest BCUT2D eigenvalue weighted by molar-refractivity contribution is 0.387. The maximum absolute atomic E-state index is 11.9. The zero-order valence-corrected chi connectivity index (χ0v) is 25.1. The van der Waals surface area contributed by atoms with Crippen LogP contribution in [0.1, 0.15) is 31.7 Å². The Morgan fingerprint density at radius 2 is 1.05 bits per heavy atom. The van der Waals surface area contributed by atoms with Gasteiger partial charge in [-0.3, -0.25) is 4.57 Å². The molecule has 2 N–H and O–H groups in total. The van der Waals surface area contributed by atoms with Crippen LogP contribution in [0.4, 0.5) is 0 Å². The van der Waals surface area contributed by atoms with Gasteiger partial charge in [-0.15, -0.1) is 17.0 Å². The van der Waals surface area contributed by atoms with Crippen molar-refractivity contribution in [1.29, 1.82) is 0 Å². The first kappa shape index (κ1) is 29.7. The molecule has 0 aliphatic heterocycles. The van der Waals surface area contributed by atoms with E-state index in [4.69, 9.17) is 0 Å². The highest BCUT2D eigenvalue weighted by molar-refractivity contribution is 8.93. The second-order valence-electron chi connectivity index (χ2n) is 9.85. The van der Waals surface area contributed by atoms with E-state index in [1.807, 2.05) is 30.3 Å². The van der Waals surface area contributed by atoms with Gasteiger partial charge >= 0.3 is 7.60 Å². The predicted octanol–water partition coefficient (Wildman–Crippen LogP) is 9.47. The topological polar surface area (TPSA) is 57.5 Å². The molecule has 0 unspecified atom stereocenters. The normalized spacial score (nSPS) is 11.2. The van der Waals surface area contributed by atoms with Gasteiger partial charge < -0.3 is 9.79 Å². The summed E-state index contributed by atoms with van der Waals surface area (Å²) in [5.41, 5.74) is 10.3. The Bertz CT molecular complexity index is 1580. The van der Waals surface area contributed by atoms with E-state index in [1.165, 1.54) is 16.7 Å². The van der Waals surface area contributed by atoms with Crippen LogP contribution < -0.4 is 5.30 Å². The lowest BCUT2D eigenvalue weighted by atomic mass is 9.79. The van der Waals surface area contributed by atoms with E-state index in [9.17, 15) is 14.4 Å². The van der Waals surface area contributed by atoms with Crippen molar-refractivity contribution in [3.8, 4) is 44.5 Å². The molecule has 5 heteroatoms. The van der Waals surface area contributed by atoms with Crippen molar-refractivity contribution in [2.45, 2.75) is 32.6 Å². The van der Waals surface area contributed by atoms with Gasteiger partial charge in [-0.25, -0.2) is 0 Å². The summed E-state index contributed by atoms with van der Waals surface area (Å²) in [5, 5.41) is 0.0234. The lowest BCUT2D eigenvalue weighted by Crippen LogP contribution is -2.04. The Labute approximate surface area is 247 Å². The van der Waals surface area contributed by atoms with Crippen molar-refractivity contribution in [2.75, 3.05) is 0 Å². The van der Waals surface area contributed by atoms with Crippen molar-refractivity contribution in [1.82, 2.24) is 0 Å². The molecule has 0 spiro atoms. The molecule has 5 aromatic rings. The summed E-state index contributed by atoms with van der Waals surface area (Å²) >= 11 is 0.